The van der Waals surface area contributed by atoms with E-state index >= 15 is 0 Å². The molecule has 3 rings (SSSR count). The Morgan fingerprint density at radius 1 is 1.25 bits per heavy atom. The van der Waals surface area contributed by atoms with E-state index in [-0.39, 0.29) is 11.9 Å². The van der Waals surface area contributed by atoms with Gasteiger partial charge in [0.05, 0.1) is 16.7 Å². The molecule has 2 fully saturated rings. The number of benzene rings is 1. The molecule has 1 saturated carbocycles. The van der Waals surface area contributed by atoms with Crippen molar-refractivity contribution in [3.05, 3.63) is 28.5 Å². The Bertz CT molecular complexity index is 467. The van der Waals surface area contributed by atoms with Crippen LogP contribution in [-0.4, -0.2) is 31.4 Å². The van der Waals surface area contributed by atoms with E-state index in [4.69, 9.17) is 9.47 Å². The minimum atomic E-state index is -0.277. The Hall–Kier alpha value is -0.650. The van der Waals surface area contributed by atoms with E-state index in [1.165, 1.54) is 18.9 Å². The highest BCUT2D eigenvalue weighted by Gasteiger charge is 2.28. The van der Waals surface area contributed by atoms with E-state index in [0.717, 1.165) is 25.4 Å². The molecule has 1 aromatic carbocycles. The summed E-state index contributed by atoms with van der Waals surface area (Å²) in [7, 11) is 0. The lowest BCUT2D eigenvalue weighted by atomic mass is 10.2. The lowest BCUT2D eigenvalue weighted by Crippen LogP contribution is -2.29. The predicted molar refractivity (Wildman–Crippen MR) is 78.5 cm³/mol. The monoisotopic (exact) mass is 343 g/mol. The van der Waals surface area contributed by atoms with Crippen molar-refractivity contribution in [3.8, 4) is 5.75 Å². The molecule has 1 aliphatic carbocycles. The highest BCUT2D eigenvalue weighted by Crippen LogP contribution is 2.25. The summed E-state index contributed by atoms with van der Waals surface area (Å²) in [5, 5.41) is 3.49. The maximum Gasteiger partial charge on any atom is 0.137 e. The first-order chi connectivity index (χ1) is 9.70. The van der Waals surface area contributed by atoms with Crippen molar-refractivity contribution < 1.29 is 13.9 Å². The molecule has 2 unspecified atom stereocenters. The number of ether oxygens (including phenoxy) is 2. The predicted octanol–water partition coefficient (Wildman–Crippen LogP) is 3.27. The quantitative estimate of drug-likeness (QED) is 0.859. The first-order valence-electron chi connectivity index (χ1n) is 7.17. The molecule has 0 bridgehead atoms. The Morgan fingerprint density at radius 3 is 2.80 bits per heavy atom. The van der Waals surface area contributed by atoms with Crippen LogP contribution in [0.4, 0.5) is 4.39 Å². The zero-order valence-corrected chi connectivity index (χ0v) is 12.9. The van der Waals surface area contributed by atoms with Crippen LogP contribution in [0.5, 0.6) is 5.75 Å². The summed E-state index contributed by atoms with van der Waals surface area (Å²) in [6, 6.07) is 5.42. The maximum atomic E-state index is 13.1. The summed E-state index contributed by atoms with van der Waals surface area (Å²) < 4.78 is 25.1. The fraction of sp³-hybridized carbons (Fsp3) is 0.600. The van der Waals surface area contributed by atoms with Crippen LogP contribution in [-0.2, 0) is 4.74 Å². The second-order valence-electron chi connectivity index (χ2n) is 5.53. The van der Waals surface area contributed by atoms with Crippen LogP contribution in [0.15, 0.2) is 22.7 Å². The molecule has 0 amide bonds. The van der Waals surface area contributed by atoms with Gasteiger partial charge in [-0.05, 0) is 59.8 Å². The Morgan fingerprint density at radius 2 is 2.05 bits per heavy atom. The second kappa shape index (κ2) is 6.41. The maximum absolute atomic E-state index is 13.1. The molecule has 1 aliphatic heterocycles. The highest BCUT2D eigenvalue weighted by molar-refractivity contribution is 9.10. The van der Waals surface area contributed by atoms with Crippen LogP contribution in [0.3, 0.4) is 0 Å². The highest BCUT2D eigenvalue weighted by atomic mass is 79.9. The normalized spacial score (nSPS) is 25.9. The van der Waals surface area contributed by atoms with Gasteiger partial charge in [0.2, 0.25) is 0 Å². The van der Waals surface area contributed by atoms with Gasteiger partial charge in [0.25, 0.3) is 0 Å². The number of nitrogens with one attached hydrogen (secondary N) is 1. The minimum Gasteiger partial charge on any atom is -0.491 e. The van der Waals surface area contributed by atoms with Crippen LogP contribution in [0, 0.1) is 5.82 Å². The number of rotatable bonds is 6. The smallest absolute Gasteiger partial charge is 0.137 e. The third-order valence-electron chi connectivity index (χ3n) is 3.73. The van der Waals surface area contributed by atoms with Crippen molar-refractivity contribution in [2.75, 3.05) is 13.2 Å². The molecule has 2 atom stereocenters. The van der Waals surface area contributed by atoms with Crippen molar-refractivity contribution in [1.29, 1.82) is 0 Å². The van der Waals surface area contributed by atoms with Gasteiger partial charge in [0.15, 0.2) is 0 Å². The standard InChI is InChI=1S/C15H19BrFNO2/c16-14-7-11(5-6-15(14)17)19-9-13-4-3-12(20-13)8-18-10-1-2-10/h5-7,10,12-13,18H,1-4,8-9H2. The first kappa shape index (κ1) is 14.3. The molecule has 1 aromatic rings. The molecule has 1 heterocycles. The summed E-state index contributed by atoms with van der Waals surface area (Å²) in [6.07, 6.45) is 5.17. The molecule has 2 aliphatic rings. The summed E-state index contributed by atoms with van der Waals surface area (Å²) in [6.45, 7) is 1.47. The summed E-state index contributed by atoms with van der Waals surface area (Å²) in [4.78, 5) is 0. The Kier molecular flexibility index (Phi) is 4.58. The van der Waals surface area contributed by atoms with Crippen molar-refractivity contribution >= 4 is 15.9 Å². The molecular weight excluding hydrogens is 325 g/mol. The minimum absolute atomic E-state index is 0.143. The zero-order chi connectivity index (χ0) is 13.9. The largest absolute Gasteiger partial charge is 0.491 e. The molecule has 0 aromatic heterocycles. The van der Waals surface area contributed by atoms with Gasteiger partial charge in [-0.3, -0.25) is 0 Å². The van der Waals surface area contributed by atoms with Crippen molar-refractivity contribution in [1.82, 2.24) is 5.32 Å². The zero-order valence-electron chi connectivity index (χ0n) is 11.3. The SMILES string of the molecule is Fc1ccc(OCC2CCC(CNC3CC3)O2)cc1Br. The van der Waals surface area contributed by atoms with Crippen LogP contribution in [0.1, 0.15) is 25.7 Å². The molecule has 3 nitrogen and oxygen atoms in total. The Labute approximate surface area is 127 Å². The molecule has 20 heavy (non-hydrogen) atoms. The van der Waals surface area contributed by atoms with Crippen molar-refractivity contribution in [2.24, 2.45) is 0 Å². The van der Waals surface area contributed by atoms with Crippen LogP contribution < -0.4 is 10.1 Å². The molecule has 5 heteroatoms. The van der Waals surface area contributed by atoms with Gasteiger partial charge in [0.1, 0.15) is 18.2 Å². The van der Waals surface area contributed by atoms with Gasteiger partial charge in [-0.1, -0.05) is 0 Å². The van der Waals surface area contributed by atoms with Crippen molar-refractivity contribution in [2.45, 2.75) is 43.9 Å². The molecule has 0 radical (unpaired) electrons. The van der Waals surface area contributed by atoms with Gasteiger partial charge in [-0.15, -0.1) is 0 Å². The summed E-state index contributed by atoms with van der Waals surface area (Å²) in [5.74, 6) is 0.391. The molecule has 1 saturated heterocycles. The summed E-state index contributed by atoms with van der Waals surface area (Å²) in [5.41, 5.74) is 0. The Balaban J connectivity index is 1.41. The van der Waals surface area contributed by atoms with Gasteiger partial charge < -0.3 is 14.8 Å². The third-order valence-corrected chi connectivity index (χ3v) is 4.34. The number of hydrogen-bond acceptors (Lipinski definition) is 3. The average molecular weight is 344 g/mol. The van der Waals surface area contributed by atoms with E-state index in [2.05, 4.69) is 21.2 Å². The third kappa shape index (κ3) is 3.93. The first-order valence-corrected chi connectivity index (χ1v) is 7.96. The molecular formula is C15H19BrFNO2. The van der Waals surface area contributed by atoms with Gasteiger partial charge in [0, 0.05) is 12.6 Å². The molecule has 0 spiro atoms. The second-order valence-corrected chi connectivity index (χ2v) is 6.38. The fourth-order valence-corrected chi connectivity index (χ4v) is 2.75. The van der Waals surface area contributed by atoms with E-state index in [1.54, 1.807) is 12.1 Å². The molecule has 1 N–H and O–H groups in total. The van der Waals surface area contributed by atoms with Crippen LogP contribution in [0.2, 0.25) is 0 Å². The van der Waals surface area contributed by atoms with Gasteiger partial charge in [-0.2, -0.15) is 0 Å². The van der Waals surface area contributed by atoms with E-state index in [9.17, 15) is 4.39 Å². The lowest BCUT2D eigenvalue weighted by molar-refractivity contribution is 0.0184. The summed E-state index contributed by atoms with van der Waals surface area (Å²) >= 11 is 3.15. The van der Waals surface area contributed by atoms with E-state index < -0.39 is 0 Å². The fourth-order valence-electron chi connectivity index (χ4n) is 2.39. The number of hydrogen-bond donors (Lipinski definition) is 1. The van der Waals surface area contributed by atoms with Crippen LogP contribution in [0.25, 0.3) is 0 Å². The average Bonchev–Trinajstić information content (AvgIpc) is 3.16. The molecule has 110 valence electrons. The van der Waals surface area contributed by atoms with Gasteiger partial charge in [-0.25, -0.2) is 4.39 Å². The van der Waals surface area contributed by atoms with Crippen molar-refractivity contribution in [3.63, 3.8) is 0 Å². The van der Waals surface area contributed by atoms with Gasteiger partial charge >= 0.3 is 0 Å². The van der Waals surface area contributed by atoms with E-state index in [1.807, 2.05) is 0 Å². The lowest BCUT2D eigenvalue weighted by Gasteiger charge is -2.15. The van der Waals surface area contributed by atoms with E-state index in [0.29, 0.717) is 22.9 Å². The van der Waals surface area contributed by atoms with Crippen LogP contribution >= 0.6 is 15.9 Å². The topological polar surface area (TPSA) is 30.5 Å². The number of halogens is 2.